The molecule has 6 heteroatoms. The van der Waals surface area contributed by atoms with Crippen LogP contribution < -0.4 is 10.1 Å². The van der Waals surface area contributed by atoms with Crippen LogP contribution in [0.15, 0.2) is 40.8 Å². The van der Waals surface area contributed by atoms with Gasteiger partial charge in [0.2, 0.25) is 0 Å². The Labute approximate surface area is 157 Å². The number of nitrogens with one attached hydrogen (secondary N) is 1. The molecule has 0 saturated carbocycles. The number of ether oxygens (including phenoxy) is 1. The molecule has 0 aliphatic rings. The maximum atomic E-state index is 13.1. The van der Waals surface area contributed by atoms with Crippen molar-refractivity contribution in [3.8, 4) is 17.1 Å². The first-order valence-corrected chi connectivity index (χ1v) is 8.61. The molecule has 2 aromatic carbocycles. The molecule has 1 heterocycles. The minimum absolute atomic E-state index is 0.0732. The highest BCUT2D eigenvalue weighted by molar-refractivity contribution is 6.03. The molecule has 144 valence electrons. The van der Waals surface area contributed by atoms with Gasteiger partial charge in [0.05, 0.1) is 18.3 Å². The summed E-state index contributed by atoms with van der Waals surface area (Å²) in [5, 5.41) is 12.9. The van der Waals surface area contributed by atoms with Crippen molar-refractivity contribution >= 4 is 17.3 Å². The minimum Gasteiger partial charge on any atom is -0.491 e. The van der Waals surface area contributed by atoms with Gasteiger partial charge < -0.3 is 19.6 Å². The lowest BCUT2D eigenvalue weighted by molar-refractivity contribution is 0.112. The summed E-state index contributed by atoms with van der Waals surface area (Å²) in [5.74, 6) is 0.512. The Hall–Kier alpha value is -2.70. The van der Waals surface area contributed by atoms with E-state index in [2.05, 4.69) is 5.32 Å². The molecule has 0 bridgehead atoms. The SMILES string of the molecule is CC(C)Oc1cc2c(C=O)c(-c3ccc(F)cc3)oc2cc1CO.CNC. The van der Waals surface area contributed by atoms with Gasteiger partial charge in [0.25, 0.3) is 0 Å². The second-order valence-corrected chi connectivity index (χ2v) is 6.25. The fraction of sp³-hybridized carbons (Fsp3) is 0.286. The summed E-state index contributed by atoms with van der Waals surface area (Å²) in [4.78, 5) is 11.6. The molecule has 0 spiro atoms. The molecule has 3 rings (SSSR count). The van der Waals surface area contributed by atoms with Crippen molar-refractivity contribution in [2.75, 3.05) is 14.1 Å². The smallest absolute Gasteiger partial charge is 0.154 e. The number of carbonyl (C=O) groups is 1. The standard InChI is InChI=1S/C19H17FO4.C2H7N/c1-11(2)23-17-8-15-16(10-22)19(12-3-5-14(20)6-4-12)24-18(15)7-13(17)9-21;1-3-2/h3-8,10-11,21H,9H2,1-2H3;3H,1-2H3. The second kappa shape index (κ2) is 9.30. The number of aldehydes is 1. The highest BCUT2D eigenvalue weighted by Gasteiger charge is 2.18. The number of fused-ring (bicyclic) bond motifs is 1. The van der Waals surface area contributed by atoms with Crippen LogP contribution in [0.5, 0.6) is 5.75 Å². The van der Waals surface area contributed by atoms with Gasteiger partial charge >= 0.3 is 0 Å². The summed E-state index contributed by atoms with van der Waals surface area (Å²) in [6.07, 6.45) is 0.637. The lowest BCUT2D eigenvalue weighted by Crippen LogP contribution is -2.07. The van der Waals surface area contributed by atoms with Crippen LogP contribution in [0.1, 0.15) is 29.8 Å². The van der Waals surface area contributed by atoms with Gasteiger partial charge in [-0.15, -0.1) is 0 Å². The van der Waals surface area contributed by atoms with Gasteiger partial charge in [-0.3, -0.25) is 4.79 Å². The van der Waals surface area contributed by atoms with Crippen molar-refractivity contribution in [2.24, 2.45) is 0 Å². The van der Waals surface area contributed by atoms with E-state index in [1.807, 2.05) is 27.9 Å². The van der Waals surface area contributed by atoms with E-state index in [0.29, 0.717) is 45.5 Å². The third kappa shape index (κ3) is 4.72. The molecule has 2 N–H and O–H groups in total. The van der Waals surface area contributed by atoms with E-state index >= 15 is 0 Å². The Kier molecular flexibility index (Phi) is 7.10. The van der Waals surface area contributed by atoms with E-state index in [0.717, 1.165) is 0 Å². The zero-order valence-electron chi connectivity index (χ0n) is 15.9. The van der Waals surface area contributed by atoms with Crippen LogP contribution in [-0.4, -0.2) is 31.6 Å². The van der Waals surface area contributed by atoms with Crippen molar-refractivity contribution in [3.05, 3.63) is 53.3 Å². The first-order valence-electron chi connectivity index (χ1n) is 8.61. The van der Waals surface area contributed by atoms with Gasteiger partial charge in [-0.05, 0) is 64.3 Å². The fourth-order valence-electron chi connectivity index (χ4n) is 2.60. The van der Waals surface area contributed by atoms with Gasteiger partial charge in [0.15, 0.2) is 6.29 Å². The zero-order chi connectivity index (χ0) is 20.0. The molecule has 0 aliphatic heterocycles. The summed E-state index contributed by atoms with van der Waals surface area (Å²) in [7, 11) is 3.75. The van der Waals surface area contributed by atoms with Crippen molar-refractivity contribution in [1.29, 1.82) is 0 Å². The first kappa shape index (κ1) is 20.6. The van der Waals surface area contributed by atoms with Crippen LogP contribution in [0, 0.1) is 5.82 Å². The number of hydrogen-bond acceptors (Lipinski definition) is 5. The van der Waals surface area contributed by atoms with Crippen LogP contribution in [0.3, 0.4) is 0 Å². The van der Waals surface area contributed by atoms with E-state index in [4.69, 9.17) is 9.15 Å². The lowest BCUT2D eigenvalue weighted by atomic mass is 10.0. The minimum atomic E-state index is -0.363. The average Bonchev–Trinajstić information content (AvgIpc) is 2.99. The van der Waals surface area contributed by atoms with Crippen molar-refractivity contribution in [1.82, 2.24) is 5.32 Å². The molecule has 5 nitrogen and oxygen atoms in total. The predicted molar refractivity (Wildman–Crippen MR) is 104 cm³/mol. The number of aliphatic hydroxyl groups is 1. The normalized spacial score (nSPS) is 10.6. The molecular formula is C21H24FNO4. The quantitative estimate of drug-likeness (QED) is 0.657. The number of halogens is 1. The van der Waals surface area contributed by atoms with Gasteiger partial charge in [0, 0.05) is 16.5 Å². The molecule has 1 aromatic heterocycles. The van der Waals surface area contributed by atoms with Crippen molar-refractivity contribution < 1.29 is 23.4 Å². The van der Waals surface area contributed by atoms with Crippen LogP contribution in [0.25, 0.3) is 22.3 Å². The van der Waals surface area contributed by atoms with E-state index in [9.17, 15) is 14.3 Å². The molecule has 0 unspecified atom stereocenters. The monoisotopic (exact) mass is 373 g/mol. The third-order valence-corrected chi connectivity index (χ3v) is 3.67. The van der Waals surface area contributed by atoms with Gasteiger partial charge in [0.1, 0.15) is 22.9 Å². The summed E-state index contributed by atoms with van der Waals surface area (Å²) in [6, 6.07) is 9.08. The second-order valence-electron chi connectivity index (χ2n) is 6.25. The molecule has 0 fully saturated rings. The number of furan rings is 1. The number of hydrogen-bond donors (Lipinski definition) is 2. The Balaban J connectivity index is 0.000000817. The molecule has 3 aromatic rings. The Morgan fingerprint density at radius 2 is 1.85 bits per heavy atom. The fourth-order valence-corrected chi connectivity index (χ4v) is 2.60. The van der Waals surface area contributed by atoms with Gasteiger partial charge in [-0.1, -0.05) is 0 Å². The summed E-state index contributed by atoms with van der Waals surface area (Å²) in [5.41, 5.74) is 2.02. The molecule has 0 amide bonds. The highest BCUT2D eigenvalue weighted by atomic mass is 19.1. The summed E-state index contributed by atoms with van der Waals surface area (Å²) < 4.78 is 24.6. The molecular weight excluding hydrogens is 349 g/mol. The summed E-state index contributed by atoms with van der Waals surface area (Å²) in [6.45, 7) is 3.55. The largest absolute Gasteiger partial charge is 0.491 e. The van der Waals surface area contributed by atoms with Crippen molar-refractivity contribution in [2.45, 2.75) is 26.6 Å². The predicted octanol–water partition coefficient (Wildman–Crippen LogP) is 4.17. The molecule has 0 radical (unpaired) electrons. The Bertz CT molecular complexity index is 901. The zero-order valence-corrected chi connectivity index (χ0v) is 15.9. The topological polar surface area (TPSA) is 71.7 Å². The molecule has 0 atom stereocenters. The summed E-state index contributed by atoms with van der Waals surface area (Å²) >= 11 is 0. The molecule has 27 heavy (non-hydrogen) atoms. The van der Waals surface area contributed by atoms with Gasteiger partial charge in [-0.25, -0.2) is 4.39 Å². The van der Waals surface area contributed by atoms with Crippen molar-refractivity contribution in [3.63, 3.8) is 0 Å². The lowest BCUT2D eigenvalue weighted by Gasteiger charge is -2.13. The van der Waals surface area contributed by atoms with Crippen LogP contribution in [0.4, 0.5) is 4.39 Å². The third-order valence-electron chi connectivity index (χ3n) is 3.67. The maximum absolute atomic E-state index is 13.1. The molecule has 0 saturated heterocycles. The van der Waals surface area contributed by atoms with Crippen LogP contribution in [0.2, 0.25) is 0 Å². The number of aliphatic hydroxyl groups excluding tert-OH is 1. The Morgan fingerprint density at radius 3 is 2.37 bits per heavy atom. The first-order chi connectivity index (χ1) is 12.9. The van der Waals surface area contributed by atoms with E-state index in [1.54, 1.807) is 24.3 Å². The number of rotatable bonds is 5. The maximum Gasteiger partial charge on any atom is 0.154 e. The Morgan fingerprint density at radius 1 is 1.22 bits per heavy atom. The van der Waals surface area contributed by atoms with Crippen LogP contribution in [-0.2, 0) is 6.61 Å². The van der Waals surface area contributed by atoms with Gasteiger partial charge in [-0.2, -0.15) is 0 Å². The van der Waals surface area contributed by atoms with E-state index in [1.165, 1.54) is 12.1 Å². The highest BCUT2D eigenvalue weighted by Crippen LogP contribution is 2.36. The number of carbonyl (C=O) groups excluding carboxylic acids is 1. The number of benzene rings is 2. The van der Waals surface area contributed by atoms with E-state index in [-0.39, 0.29) is 18.5 Å². The van der Waals surface area contributed by atoms with Crippen LogP contribution >= 0.6 is 0 Å². The average molecular weight is 373 g/mol. The molecule has 0 aliphatic carbocycles. The van der Waals surface area contributed by atoms with E-state index < -0.39 is 0 Å².